The van der Waals surface area contributed by atoms with Crippen LogP contribution in [0, 0.1) is 0 Å². The minimum Gasteiger partial charge on any atom is -0.461 e. The molecule has 2 aliphatic carbocycles. The van der Waals surface area contributed by atoms with Crippen LogP contribution in [0.15, 0.2) is 79.0 Å². The summed E-state index contributed by atoms with van der Waals surface area (Å²) >= 11 is 0. The van der Waals surface area contributed by atoms with Crippen molar-refractivity contribution in [3.8, 4) is 22.5 Å². The highest BCUT2D eigenvalue weighted by atomic mass is 16.6. The lowest BCUT2D eigenvalue weighted by molar-refractivity contribution is -0.120. The number of anilines is 3. The molecule has 8 rings (SSSR count). The Bertz CT molecular complexity index is 2130. The molecule has 2 aromatic heterocycles. The van der Waals surface area contributed by atoms with Crippen LogP contribution in [0.5, 0.6) is 0 Å². The van der Waals surface area contributed by atoms with E-state index in [4.69, 9.17) is 14.5 Å². The first-order chi connectivity index (χ1) is 24.9. The molecule has 3 aliphatic rings. The van der Waals surface area contributed by atoms with Crippen molar-refractivity contribution in [3.63, 3.8) is 0 Å². The van der Waals surface area contributed by atoms with E-state index in [0.29, 0.717) is 60.9 Å². The van der Waals surface area contributed by atoms with Gasteiger partial charge < -0.3 is 20.1 Å². The van der Waals surface area contributed by atoms with Crippen LogP contribution in [-0.2, 0) is 34.2 Å². The number of aryl methyl sites for hydroxylation is 2. The number of para-hydroxylation sites is 2. The van der Waals surface area contributed by atoms with E-state index in [1.807, 2.05) is 42.5 Å². The minimum absolute atomic E-state index is 0.0657. The van der Waals surface area contributed by atoms with Crippen LogP contribution in [0.4, 0.5) is 22.1 Å². The summed E-state index contributed by atoms with van der Waals surface area (Å²) in [5.74, 6) is -0.491. The fraction of sp³-hybridized carbons (Fsp3) is 0.282. The van der Waals surface area contributed by atoms with Gasteiger partial charge in [-0.3, -0.25) is 14.4 Å². The van der Waals surface area contributed by atoms with Crippen LogP contribution < -0.4 is 10.6 Å². The summed E-state index contributed by atoms with van der Waals surface area (Å²) in [5, 5.41) is 10.7. The maximum atomic E-state index is 13.7. The molecule has 1 saturated heterocycles. The van der Waals surface area contributed by atoms with E-state index < -0.39 is 18.1 Å². The number of esters is 1. The number of carbonyl (C=O) groups excluding carboxylic acids is 3. The molecule has 3 heterocycles. The molecule has 1 fully saturated rings. The zero-order valence-electron chi connectivity index (χ0n) is 28.4. The van der Waals surface area contributed by atoms with E-state index >= 15 is 0 Å². The average molecular weight is 684 g/mol. The number of nitrogens with zero attached hydrogens (tertiary/aromatic N) is 5. The van der Waals surface area contributed by atoms with Gasteiger partial charge in [0.1, 0.15) is 12.6 Å². The molecule has 258 valence electrons. The summed E-state index contributed by atoms with van der Waals surface area (Å²) in [5.41, 5.74) is 9.19. The van der Waals surface area contributed by atoms with Gasteiger partial charge in [-0.05, 0) is 72.6 Å². The molecular formula is C39H37N7O5. The normalized spacial score (nSPS) is 15.7. The van der Waals surface area contributed by atoms with Crippen LogP contribution in [0.3, 0.4) is 0 Å². The predicted molar refractivity (Wildman–Crippen MR) is 191 cm³/mol. The summed E-state index contributed by atoms with van der Waals surface area (Å²) in [4.78, 5) is 50.7. The second-order valence-electron chi connectivity index (χ2n) is 12.9. The lowest BCUT2D eigenvalue weighted by Crippen LogP contribution is -2.43. The molecule has 51 heavy (non-hydrogen) atoms. The minimum atomic E-state index is -0.675. The lowest BCUT2D eigenvalue weighted by Gasteiger charge is -2.25. The quantitative estimate of drug-likeness (QED) is 0.182. The van der Waals surface area contributed by atoms with Gasteiger partial charge in [-0.1, -0.05) is 60.7 Å². The van der Waals surface area contributed by atoms with Gasteiger partial charge in [-0.15, -0.1) is 0 Å². The Labute approximate surface area is 294 Å². The Balaban J connectivity index is 0.963. The van der Waals surface area contributed by atoms with Crippen LogP contribution in [0.25, 0.3) is 22.5 Å². The molecule has 0 radical (unpaired) electrons. The molecule has 12 heteroatoms. The summed E-state index contributed by atoms with van der Waals surface area (Å²) < 4.78 is 12.8. The summed E-state index contributed by atoms with van der Waals surface area (Å²) in [6.45, 7) is 2.66. The van der Waals surface area contributed by atoms with Gasteiger partial charge in [0.2, 0.25) is 11.9 Å². The number of benzene rings is 3. The molecule has 1 aliphatic heterocycles. The van der Waals surface area contributed by atoms with E-state index in [-0.39, 0.29) is 25.0 Å². The molecule has 0 unspecified atom stereocenters. The number of nitrogens with one attached hydrogen (secondary N) is 2. The third kappa shape index (κ3) is 5.86. The number of fused-ring (bicyclic) bond motifs is 6. The second kappa shape index (κ2) is 13.3. The fourth-order valence-corrected chi connectivity index (χ4v) is 7.55. The van der Waals surface area contributed by atoms with E-state index in [1.165, 1.54) is 4.90 Å². The third-order valence-corrected chi connectivity index (χ3v) is 9.90. The molecule has 12 nitrogen and oxygen atoms in total. The molecule has 2 amide bonds. The van der Waals surface area contributed by atoms with Crippen LogP contribution >= 0.6 is 0 Å². The molecule has 0 saturated carbocycles. The van der Waals surface area contributed by atoms with Gasteiger partial charge in [0, 0.05) is 31.3 Å². The van der Waals surface area contributed by atoms with Crippen LogP contribution in [0.1, 0.15) is 58.4 Å². The average Bonchev–Trinajstić information content (AvgIpc) is 3.86. The second-order valence-corrected chi connectivity index (χ2v) is 12.9. The molecular weight excluding hydrogens is 646 g/mol. The standard InChI is InChI=1S/C39H37N7O5/c1-3-50-37(48)34-28-19-18-23-21-40-38(43-33(23)35(28)45(2)44-34)42-31-16-9-8-15-30(31)41-36(47)32-17-10-20-46(32)39(49)51-22-29-26-13-6-4-11-24(26)25-12-5-7-14-27(25)29/h4-9,11-16,21,29,32H,3,10,17-20,22H2,1-2H3,(H,41,47)(H,40,42,43)/t32-/m0/s1. The first-order valence-corrected chi connectivity index (χ1v) is 17.3. The van der Waals surface area contributed by atoms with Gasteiger partial charge in [0.15, 0.2) is 5.69 Å². The summed E-state index contributed by atoms with van der Waals surface area (Å²) in [7, 11) is 1.78. The Morgan fingerprint density at radius 3 is 2.35 bits per heavy atom. The van der Waals surface area contributed by atoms with Gasteiger partial charge in [-0.25, -0.2) is 19.6 Å². The molecule has 0 spiro atoms. The molecule has 5 aromatic rings. The first kappa shape index (κ1) is 32.2. The number of carbonyl (C=O) groups is 3. The van der Waals surface area contributed by atoms with E-state index in [2.05, 4.69) is 45.0 Å². The van der Waals surface area contributed by atoms with Crippen molar-refractivity contribution in [3.05, 3.63) is 107 Å². The number of amides is 2. The van der Waals surface area contributed by atoms with Crippen molar-refractivity contribution >= 4 is 35.3 Å². The lowest BCUT2D eigenvalue weighted by atomic mass is 9.93. The third-order valence-electron chi connectivity index (χ3n) is 9.90. The number of hydrogen-bond donors (Lipinski definition) is 2. The zero-order chi connectivity index (χ0) is 35.1. The number of hydrogen-bond acceptors (Lipinski definition) is 9. The largest absolute Gasteiger partial charge is 0.461 e. The number of aromatic nitrogens is 4. The van der Waals surface area contributed by atoms with Gasteiger partial charge in [-0.2, -0.15) is 5.10 Å². The Kier molecular flexibility index (Phi) is 8.42. The van der Waals surface area contributed by atoms with Crippen LogP contribution in [-0.4, -0.2) is 68.4 Å². The summed E-state index contributed by atoms with van der Waals surface area (Å²) in [6, 6.07) is 23.0. The number of ether oxygens (including phenoxy) is 2. The maximum absolute atomic E-state index is 13.7. The number of likely N-dealkylation sites (tertiary alicyclic amines) is 1. The number of rotatable bonds is 8. The Morgan fingerprint density at radius 1 is 0.902 bits per heavy atom. The van der Waals surface area contributed by atoms with Gasteiger partial charge in [0.25, 0.3) is 0 Å². The topological polar surface area (TPSA) is 141 Å². The Hall–Kier alpha value is -6.04. The van der Waals surface area contributed by atoms with E-state index in [0.717, 1.165) is 39.1 Å². The van der Waals surface area contributed by atoms with Crippen molar-refractivity contribution in [2.45, 2.75) is 44.6 Å². The SMILES string of the molecule is CCOC(=O)c1nn(C)c2c1CCc1cnc(Nc3ccccc3NC(=O)[C@@H]3CCCN3C(=O)OCC3c4ccccc4-c4ccccc43)nc1-2. The monoisotopic (exact) mass is 683 g/mol. The van der Waals surface area contributed by atoms with Crippen molar-refractivity contribution in [2.24, 2.45) is 7.05 Å². The highest BCUT2D eigenvalue weighted by molar-refractivity contribution is 5.99. The maximum Gasteiger partial charge on any atom is 0.410 e. The van der Waals surface area contributed by atoms with Crippen molar-refractivity contribution < 1.29 is 23.9 Å². The Morgan fingerprint density at radius 2 is 1.61 bits per heavy atom. The van der Waals surface area contributed by atoms with Crippen molar-refractivity contribution in [1.82, 2.24) is 24.6 Å². The van der Waals surface area contributed by atoms with E-state index in [9.17, 15) is 14.4 Å². The smallest absolute Gasteiger partial charge is 0.410 e. The fourth-order valence-electron chi connectivity index (χ4n) is 7.55. The van der Waals surface area contributed by atoms with Crippen LogP contribution in [0.2, 0.25) is 0 Å². The molecule has 3 aromatic carbocycles. The van der Waals surface area contributed by atoms with Gasteiger partial charge in [0.05, 0.1) is 29.4 Å². The zero-order valence-corrected chi connectivity index (χ0v) is 28.4. The molecule has 0 bridgehead atoms. The highest BCUT2D eigenvalue weighted by Crippen LogP contribution is 2.44. The molecule has 1 atom stereocenters. The van der Waals surface area contributed by atoms with Crippen molar-refractivity contribution in [2.75, 3.05) is 30.4 Å². The van der Waals surface area contributed by atoms with Gasteiger partial charge >= 0.3 is 12.1 Å². The first-order valence-electron chi connectivity index (χ1n) is 17.3. The predicted octanol–water partition coefficient (Wildman–Crippen LogP) is 6.25. The molecule has 2 N–H and O–H groups in total. The summed E-state index contributed by atoms with van der Waals surface area (Å²) in [6.07, 6.45) is 3.79. The highest BCUT2D eigenvalue weighted by Gasteiger charge is 2.37. The van der Waals surface area contributed by atoms with E-state index in [1.54, 1.807) is 30.9 Å². The van der Waals surface area contributed by atoms with Crippen molar-refractivity contribution in [1.29, 1.82) is 0 Å².